The molecule has 0 radical (unpaired) electrons. The van der Waals surface area contributed by atoms with Gasteiger partial charge in [-0.15, -0.1) is 0 Å². The van der Waals surface area contributed by atoms with Gasteiger partial charge in [-0.1, -0.05) is 276 Å². The molecule has 10 aromatic rings. The van der Waals surface area contributed by atoms with Crippen LogP contribution in [-0.4, -0.2) is 0 Å². The minimum Gasteiger partial charge on any atom is -0.311 e. The topological polar surface area (TPSA) is 6.48 Å². The standard InChI is InChI=1S/C87H98N2/c1-7-13-17-21-25-69-31-39-73(40-32-69)77-47-59-83(60-48-77)88(81-55-43-75(44-56-81)71-35-27-67(28-36-71)23-19-15-9-3)85-63-51-79(52-64-85)87(11-5,12-6)80-53-65-86(66-54-80)89(82-57-45-76(46-58-82)72-37-29-68(30-38-72)24-20-16-10-4)84-61-49-78(50-62-84)74-41-33-70(34-42-74)26-22-18-14-8-2/h27-66H,7-26H2,1-6H3. The lowest BCUT2D eigenvalue weighted by atomic mass is 9.70. The van der Waals surface area contributed by atoms with Crippen molar-refractivity contribution in [3.8, 4) is 44.5 Å². The molecule has 0 aliphatic carbocycles. The van der Waals surface area contributed by atoms with E-state index >= 15 is 0 Å². The summed E-state index contributed by atoms with van der Waals surface area (Å²) in [5.74, 6) is 0. The summed E-state index contributed by atoms with van der Waals surface area (Å²) in [4.78, 5) is 4.85. The van der Waals surface area contributed by atoms with Crippen LogP contribution in [0.4, 0.5) is 34.1 Å². The lowest BCUT2D eigenvalue weighted by Gasteiger charge is -2.35. The number of anilines is 6. The first kappa shape index (κ1) is 63.8. The maximum Gasteiger partial charge on any atom is 0.0462 e. The van der Waals surface area contributed by atoms with E-state index in [1.54, 1.807) is 0 Å². The van der Waals surface area contributed by atoms with Gasteiger partial charge >= 0.3 is 0 Å². The third-order valence-electron chi connectivity index (χ3n) is 19.0. The van der Waals surface area contributed by atoms with E-state index < -0.39 is 0 Å². The number of aryl methyl sites for hydroxylation is 4. The second kappa shape index (κ2) is 32.3. The maximum atomic E-state index is 2.42. The zero-order valence-corrected chi connectivity index (χ0v) is 54.6. The zero-order chi connectivity index (χ0) is 61.6. The van der Waals surface area contributed by atoms with Gasteiger partial charge in [-0.2, -0.15) is 0 Å². The molecule has 0 spiro atoms. The van der Waals surface area contributed by atoms with Crippen molar-refractivity contribution in [1.82, 2.24) is 0 Å². The molecule has 0 amide bonds. The van der Waals surface area contributed by atoms with Crippen LogP contribution in [0.3, 0.4) is 0 Å². The van der Waals surface area contributed by atoms with E-state index in [1.165, 1.54) is 168 Å². The Morgan fingerprint density at radius 2 is 0.382 bits per heavy atom. The van der Waals surface area contributed by atoms with Crippen LogP contribution in [-0.2, 0) is 31.1 Å². The molecule has 0 atom stereocenters. The lowest BCUT2D eigenvalue weighted by molar-refractivity contribution is 0.478. The number of unbranched alkanes of at least 4 members (excludes halogenated alkanes) is 10. The first-order valence-corrected chi connectivity index (χ1v) is 34.4. The van der Waals surface area contributed by atoms with E-state index in [1.807, 2.05) is 0 Å². The van der Waals surface area contributed by atoms with Gasteiger partial charge in [-0.25, -0.2) is 0 Å². The van der Waals surface area contributed by atoms with Crippen LogP contribution >= 0.6 is 0 Å². The van der Waals surface area contributed by atoms with E-state index in [0.717, 1.165) is 72.6 Å². The fourth-order valence-corrected chi connectivity index (χ4v) is 13.3. The molecule has 0 heterocycles. The molecule has 0 saturated heterocycles. The van der Waals surface area contributed by atoms with Gasteiger partial charge in [0.2, 0.25) is 0 Å². The summed E-state index contributed by atoms with van der Waals surface area (Å²) in [7, 11) is 0. The fourth-order valence-electron chi connectivity index (χ4n) is 13.3. The Kier molecular flexibility index (Phi) is 23.2. The summed E-state index contributed by atoms with van der Waals surface area (Å²) < 4.78 is 0. The smallest absolute Gasteiger partial charge is 0.0462 e. The summed E-state index contributed by atoms with van der Waals surface area (Å²) in [6.07, 6.45) is 24.4. The largest absolute Gasteiger partial charge is 0.311 e. The average Bonchev–Trinajstić information content (AvgIpc) is 2.90. The average molecular weight is 1170 g/mol. The van der Waals surface area contributed by atoms with Crippen LogP contribution < -0.4 is 9.80 Å². The third-order valence-corrected chi connectivity index (χ3v) is 19.0. The second-order valence-electron chi connectivity index (χ2n) is 25.1. The Morgan fingerprint density at radius 3 is 0.584 bits per heavy atom. The fraction of sp³-hybridized carbons (Fsp3) is 0.310. The van der Waals surface area contributed by atoms with Crippen molar-refractivity contribution in [3.05, 3.63) is 276 Å². The highest BCUT2D eigenvalue weighted by Crippen LogP contribution is 2.44. The molecule has 0 unspecified atom stereocenters. The Hall–Kier alpha value is -8.20. The minimum atomic E-state index is -0.188. The molecule has 0 aliphatic heterocycles. The molecule has 0 aliphatic rings. The summed E-state index contributed by atoms with van der Waals surface area (Å²) in [6.45, 7) is 13.8. The van der Waals surface area contributed by atoms with Crippen LogP contribution in [0.1, 0.15) is 178 Å². The second-order valence-corrected chi connectivity index (χ2v) is 25.1. The summed E-state index contributed by atoms with van der Waals surface area (Å²) in [5, 5.41) is 0. The first-order valence-electron chi connectivity index (χ1n) is 34.4. The van der Waals surface area contributed by atoms with Crippen molar-refractivity contribution >= 4 is 34.1 Å². The van der Waals surface area contributed by atoms with Crippen LogP contribution in [0.25, 0.3) is 44.5 Å². The number of hydrogen-bond acceptors (Lipinski definition) is 2. The molecule has 89 heavy (non-hydrogen) atoms. The number of hydrogen-bond donors (Lipinski definition) is 0. The molecular formula is C87H98N2. The van der Waals surface area contributed by atoms with E-state index in [9.17, 15) is 0 Å². The van der Waals surface area contributed by atoms with Crippen molar-refractivity contribution in [2.45, 2.75) is 175 Å². The maximum absolute atomic E-state index is 2.42. The van der Waals surface area contributed by atoms with Gasteiger partial charge in [-0.05, 0) is 215 Å². The monoisotopic (exact) mass is 1170 g/mol. The third kappa shape index (κ3) is 16.4. The lowest BCUT2D eigenvalue weighted by Crippen LogP contribution is -2.26. The molecule has 2 heteroatoms. The predicted octanol–water partition coefficient (Wildman–Crippen LogP) is 26.1. The highest BCUT2D eigenvalue weighted by molar-refractivity contribution is 5.82. The van der Waals surface area contributed by atoms with Gasteiger partial charge in [0.15, 0.2) is 0 Å². The van der Waals surface area contributed by atoms with Crippen molar-refractivity contribution in [1.29, 1.82) is 0 Å². The number of benzene rings is 10. The van der Waals surface area contributed by atoms with Crippen LogP contribution in [0, 0.1) is 0 Å². The quantitative estimate of drug-likeness (QED) is 0.0388. The van der Waals surface area contributed by atoms with Gasteiger partial charge in [0.05, 0.1) is 0 Å². The zero-order valence-electron chi connectivity index (χ0n) is 54.6. The van der Waals surface area contributed by atoms with Crippen molar-refractivity contribution in [3.63, 3.8) is 0 Å². The highest BCUT2D eigenvalue weighted by atomic mass is 15.1. The normalized spacial score (nSPS) is 11.5. The van der Waals surface area contributed by atoms with Gasteiger partial charge in [0.25, 0.3) is 0 Å². The molecule has 0 aromatic heterocycles. The van der Waals surface area contributed by atoms with E-state index in [2.05, 4.69) is 294 Å². The van der Waals surface area contributed by atoms with Gasteiger partial charge < -0.3 is 9.80 Å². The Morgan fingerprint density at radius 1 is 0.202 bits per heavy atom. The molecule has 456 valence electrons. The molecule has 0 fully saturated rings. The molecule has 0 bridgehead atoms. The van der Waals surface area contributed by atoms with Crippen molar-refractivity contribution < 1.29 is 0 Å². The molecule has 0 saturated carbocycles. The molecule has 10 rings (SSSR count). The summed E-state index contributed by atoms with van der Waals surface area (Å²) in [6, 6.07) is 92.6. The Labute approximate surface area is 536 Å². The van der Waals surface area contributed by atoms with Crippen LogP contribution in [0.15, 0.2) is 243 Å². The summed E-state index contributed by atoms with van der Waals surface area (Å²) >= 11 is 0. The molecule has 0 N–H and O–H groups in total. The SMILES string of the molecule is CCCCCCc1ccc(-c2ccc(N(c3ccc(-c4ccc(CCCCC)cc4)cc3)c3ccc(C(CC)(CC)c4ccc(N(c5ccc(-c6ccc(CCCCC)cc6)cc5)c5ccc(-c6ccc(CCCCCC)cc6)cc5)cc4)cc3)cc2)cc1. The van der Waals surface area contributed by atoms with Crippen LogP contribution in [0.5, 0.6) is 0 Å². The Balaban J connectivity index is 0.938. The summed E-state index contributed by atoms with van der Waals surface area (Å²) in [5.41, 5.74) is 24.9. The first-order chi connectivity index (χ1) is 43.8. The van der Waals surface area contributed by atoms with Gasteiger partial charge in [0.1, 0.15) is 0 Å². The van der Waals surface area contributed by atoms with E-state index in [0.29, 0.717) is 0 Å². The number of rotatable bonds is 32. The highest BCUT2D eigenvalue weighted by Gasteiger charge is 2.31. The Bertz CT molecular complexity index is 3400. The predicted molar refractivity (Wildman–Crippen MR) is 388 cm³/mol. The molecule has 2 nitrogen and oxygen atoms in total. The van der Waals surface area contributed by atoms with E-state index in [4.69, 9.17) is 0 Å². The van der Waals surface area contributed by atoms with Crippen molar-refractivity contribution in [2.75, 3.05) is 9.80 Å². The molecular weight excluding hydrogens is 1070 g/mol. The van der Waals surface area contributed by atoms with E-state index in [-0.39, 0.29) is 5.41 Å². The molecule has 10 aromatic carbocycles. The van der Waals surface area contributed by atoms with Crippen molar-refractivity contribution in [2.24, 2.45) is 0 Å². The van der Waals surface area contributed by atoms with Gasteiger partial charge in [0, 0.05) is 39.5 Å². The number of nitrogens with zero attached hydrogens (tertiary/aromatic N) is 2. The minimum absolute atomic E-state index is 0.188. The van der Waals surface area contributed by atoms with Crippen LogP contribution in [0.2, 0.25) is 0 Å². The van der Waals surface area contributed by atoms with Gasteiger partial charge in [-0.3, -0.25) is 0 Å².